The van der Waals surface area contributed by atoms with E-state index in [1.54, 1.807) is 12.4 Å². The fraction of sp³-hybridized carbons (Fsp3) is 0.222. The van der Waals surface area contributed by atoms with E-state index < -0.39 is 0 Å². The minimum absolute atomic E-state index is 0.0775. The summed E-state index contributed by atoms with van der Waals surface area (Å²) in [5.74, 6) is 0.965. The number of halogens is 1. The van der Waals surface area contributed by atoms with Gasteiger partial charge in [0.15, 0.2) is 11.0 Å². The van der Waals surface area contributed by atoms with Crippen LogP contribution in [0.25, 0.3) is 11.4 Å². The van der Waals surface area contributed by atoms with E-state index in [1.807, 2.05) is 41.0 Å². The lowest BCUT2D eigenvalue weighted by molar-refractivity contribution is -0.113. The number of benzene rings is 1. The fourth-order valence-electron chi connectivity index (χ4n) is 2.39. The number of carbonyl (C=O) groups is 1. The van der Waals surface area contributed by atoms with E-state index >= 15 is 0 Å². The van der Waals surface area contributed by atoms with Gasteiger partial charge < -0.3 is 9.88 Å². The molecule has 0 saturated heterocycles. The Bertz CT molecular complexity index is 867. The maximum Gasteiger partial charge on any atom is 0.234 e. The first-order chi connectivity index (χ1) is 12.7. The summed E-state index contributed by atoms with van der Waals surface area (Å²) in [6.07, 6.45) is 4.45. The van der Waals surface area contributed by atoms with E-state index in [4.69, 9.17) is 0 Å². The van der Waals surface area contributed by atoms with E-state index in [-0.39, 0.29) is 11.7 Å². The molecule has 0 aliphatic heterocycles. The first-order valence-electron chi connectivity index (χ1n) is 8.19. The Morgan fingerprint density at radius 3 is 2.73 bits per heavy atom. The van der Waals surface area contributed by atoms with E-state index in [9.17, 15) is 4.79 Å². The van der Waals surface area contributed by atoms with Gasteiger partial charge in [0.25, 0.3) is 0 Å². The molecule has 2 aromatic heterocycles. The highest BCUT2D eigenvalue weighted by atomic mass is 79.9. The summed E-state index contributed by atoms with van der Waals surface area (Å²) in [5, 5.41) is 12.2. The topological polar surface area (TPSA) is 72.7 Å². The molecule has 0 bridgehead atoms. The molecule has 0 atom stereocenters. The third-order valence-electron chi connectivity index (χ3n) is 3.54. The quantitative estimate of drug-likeness (QED) is 0.566. The molecule has 8 heteroatoms. The van der Waals surface area contributed by atoms with Crippen LogP contribution in [0.1, 0.15) is 13.3 Å². The first-order valence-corrected chi connectivity index (χ1v) is 9.97. The maximum atomic E-state index is 12.2. The molecule has 0 fully saturated rings. The zero-order valence-corrected chi connectivity index (χ0v) is 16.6. The van der Waals surface area contributed by atoms with Crippen LogP contribution in [0.3, 0.4) is 0 Å². The second kappa shape index (κ2) is 8.95. The lowest BCUT2D eigenvalue weighted by atomic mass is 10.2. The lowest BCUT2D eigenvalue weighted by Gasteiger charge is -2.09. The van der Waals surface area contributed by atoms with Crippen LogP contribution in [0, 0.1) is 0 Å². The van der Waals surface area contributed by atoms with Crippen LogP contribution < -0.4 is 5.32 Å². The highest BCUT2D eigenvalue weighted by Gasteiger charge is 2.15. The van der Waals surface area contributed by atoms with Crippen LogP contribution in [0.4, 0.5) is 5.69 Å². The third kappa shape index (κ3) is 4.70. The molecular weight excluding hydrogens is 414 g/mol. The molecule has 3 aromatic rings. The summed E-state index contributed by atoms with van der Waals surface area (Å²) in [6, 6.07) is 11.3. The van der Waals surface area contributed by atoms with E-state index in [0.29, 0.717) is 0 Å². The molecule has 0 aliphatic rings. The normalized spacial score (nSPS) is 10.7. The SMILES string of the molecule is CCCn1c(SCC(=O)Nc2ccc(Br)cc2)nnc1-c1cccnc1. The van der Waals surface area contributed by atoms with Gasteiger partial charge in [-0.05, 0) is 42.8 Å². The predicted octanol–water partition coefficient (Wildman–Crippen LogP) is 4.24. The van der Waals surface area contributed by atoms with Gasteiger partial charge in [-0.25, -0.2) is 0 Å². The highest BCUT2D eigenvalue weighted by molar-refractivity contribution is 9.10. The molecule has 0 radical (unpaired) electrons. The van der Waals surface area contributed by atoms with Crippen molar-refractivity contribution in [1.29, 1.82) is 0 Å². The number of amides is 1. The zero-order valence-electron chi connectivity index (χ0n) is 14.2. The first kappa shape index (κ1) is 18.6. The Kier molecular flexibility index (Phi) is 6.40. The second-order valence-corrected chi connectivity index (χ2v) is 7.40. The Balaban J connectivity index is 1.68. The van der Waals surface area contributed by atoms with E-state index in [0.717, 1.165) is 39.7 Å². The molecule has 1 amide bonds. The number of nitrogens with one attached hydrogen (secondary N) is 1. The largest absolute Gasteiger partial charge is 0.325 e. The van der Waals surface area contributed by atoms with E-state index in [1.165, 1.54) is 11.8 Å². The molecule has 1 aromatic carbocycles. The molecule has 0 spiro atoms. The molecule has 2 heterocycles. The summed E-state index contributed by atoms with van der Waals surface area (Å²) in [4.78, 5) is 16.3. The summed E-state index contributed by atoms with van der Waals surface area (Å²) in [5.41, 5.74) is 1.68. The summed E-state index contributed by atoms with van der Waals surface area (Å²) < 4.78 is 3.01. The van der Waals surface area contributed by atoms with Crippen LogP contribution in [0.2, 0.25) is 0 Å². The Hall–Kier alpha value is -2.19. The zero-order chi connectivity index (χ0) is 18.4. The molecule has 134 valence electrons. The Labute approximate surface area is 164 Å². The van der Waals surface area contributed by atoms with Crippen LogP contribution in [-0.2, 0) is 11.3 Å². The van der Waals surface area contributed by atoms with Crippen molar-refractivity contribution in [2.24, 2.45) is 0 Å². The number of hydrogen-bond acceptors (Lipinski definition) is 5. The minimum Gasteiger partial charge on any atom is -0.325 e. The molecule has 0 unspecified atom stereocenters. The van der Waals surface area contributed by atoms with Crippen molar-refractivity contribution in [3.05, 3.63) is 53.3 Å². The van der Waals surface area contributed by atoms with Gasteiger partial charge in [0.1, 0.15) is 0 Å². The van der Waals surface area contributed by atoms with Gasteiger partial charge >= 0.3 is 0 Å². The minimum atomic E-state index is -0.0775. The van der Waals surface area contributed by atoms with Gasteiger partial charge in [-0.1, -0.05) is 34.6 Å². The standard InChI is InChI=1S/C18H18BrN5OS/c1-2-10-24-17(13-4-3-9-20-11-13)22-23-18(24)26-12-16(25)21-15-7-5-14(19)6-8-15/h3-9,11H,2,10,12H2,1H3,(H,21,25). The van der Waals surface area contributed by atoms with Gasteiger partial charge in [-0.2, -0.15) is 0 Å². The van der Waals surface area contributed by atoms with Gasteiger partial charge in [-0.3, -0.25) is 9.78 Å². The lowest BCUT2D eigenvalue weighted by Crippen LogP contribution is -2.14. The number of thioether (sulfide) groups is 1. The molecule has 0 aliphatic carbocycles. The number of carbonyl (C=O) groups excluding carboxylic acids is 1. The highest BCUT2D eigenvalue weighted by Crippen LogP contribution is 2.24. The molecule has 3 rings (SSSR count). The third-order valence-corrected chi connectivity index (χ3v) is 5.04. The molecule has 0 saturated carbocycles. The van der Waals surface area contributed by atoms with Gasteiger partial charge in [0.05, 0.1) is 5.75 Å². The number of anilines is 1. The van der Waals surface area contributed by atoms with Crippen molar-refractivity contribution in [2.45, 2.75) is 25.0 Å². The van der Waals surface area contributed by atoms with Gasteiger partial charge in [-0.15, -0.1) is 10.2 Å². The fourth-order valence-corrected chi connectivity index (χ4v) is 3.42. The summed E-state index contributed by atoms with van der Waals surface area (Å²) in [7, 11) is 0. The number of nitrogens with zero attached hydrogens (tertiary/aromatic N) is 4. The number of aromatic nitrogens is 4. The van der Waals surface area contributed by atoms with Crippen LogP contribution in [-0.4, -0.2) is 31.4 Å². The summed E-state index contributed by atoms with van der Waals surface area (Å²) in [6.45, 7) is 2.88. The molecule has 26 heavy (non-hydrogen) atoms. The van der Waals surface area contributed by atoms with Crippen molar-refractivity contribution in [1.82, 2.24) is 19.7 Å². The average Bonchev–Trinajstić information content (AvgIpc) is 3.06. The smallest absolute Gasteiger partial charge is 0.234 e. The Morgan fingerprint density at radius 1 is 1.23 bits per heavy atom. The van der Waals surface area contributed by atoms with Crippen molar-refractivity contribution >= 4 is 39.3 Å². The number of pyridine rings is 1. The molecular formula is C18H18BrN5OS. The van der Waals surface area contributed by atoms with E-state index in [2.05, 4.69) is 43.4 Å². The summed E-state index contributed by atoms with van der Waals surface area (Å²) >= 11 is 4.76. The van der Waals surface area contributed by atoms with Gasteiger partial charge in [0.2, 0.25) is 5.91 Å². The monoisotopic (exact) mass is 431 g/mol. The maximum absolute atomic E-state index is 12.2. The average molecular weight is 432 g/mol. The van der Waals surface area contributed by atoms with Crippen molar-refractivity contribution in [3.63, 3.8) is 0 Å². The number of rotatable bonds is 7. The predicted molar refractivity (Wildman–Crippen MR) is 107 cm³/mol. The van der Waals surface area contributed by atoms with Gasteiger partial charge in [0, 0.05) is 34.7 Å². The van der Waals surface area contributed by atoms with Crippen LogP contribution in [0.15, 0.2) is 58.4 Å². The van der Waals surface area contributed by atoms with Crippen molar-refractivity contribution < 1.29 is 4.79 Å². The van der Waals surface area contributed by atoms with Crippen molar-refractivity contribution in [2.75, 3.05) is 11.1 Å². The van der Waals surface area contributed by atoms with Crippen LogP contribution in [0.5, 0.6) is 0 Å². The number of hydrogen-bond donors (Lipinski definition) is 1. The van der Waals surface area contributed by atoms with Crippen molar-refractivity contribution in [3.8, 4) is 11.4 Å². The van der Waals surface area contributed by atoms with Crippen LogP contribution >= 0.6 is 27.7 Å². The Morgan fingerprint density at radius 2 is 2.04 bits per heavy atom. The molecule has 1 N–H and O–H groups in total. The molecule has 6 nitrogen and oxygen atoms in total. The second-order valence-electron chi connectivity index (χ2n) is 5.54.